The molecule has 1 unspecified atom stereocenters. The third-order valence-corrected chi connectivity index (χ3v) is 7.30. The molecule has 1 aliphatic heterocycles. The van der Waals surface area contributed by atoms with Gasteiger partial charge >= 0.3 is 0 Å². The van der Waals surface area contributed by atoms with Crippen LogP contribution in [0, 0.1) is 12.8 Å². The van der Waals surface area contributed by atoms with E-state index in [1.807, 2.05) is 23.1 Å². The molecule has 0 bridgehead atoms. The van der Waals surface area contributed by atoms with Crippen LogP contribution in [-0.2, 0) is 11.3 Å². The Labute approximate surface area is 208 Å². The lowest BCUT2D eigenvalue weighted by Gasteiger charge is -2.41. The number of aryl methyl sites for hydroxylation is 1. The zero-order valence-corrected chi connectivity index (χ0v) is 21.1. The largest absolute Gasteiger partial charge is 0.496 e. The summed E-state index contributed by atoms with van der Waals surface area (Å²) in [6.45, 7) is 5.07. The van der Waals surface area contributed by atoms with Crippen molar-refractivity contribution in [2.75, 3.05) is 40.4 Å². The van der Waals surface area contributed by atoms with Gasteiger partial charge in [0.1, 0.15) is 17.1 Å². The highest BCUT2D eigenvalue weighted by Gasteiger charge is 2.37. The normalized spacial score (nSPS) is 17.7. The number of hydrogen-bond donors (Lipinski definition) is 1. The smallest absolute Gasteiger partial charge is 0.261 e. The van der Waals surface area contributed by atoms with E-state index in [0.717, 1.165) is 18.4 Å². The highest BCUT2D eigenvalue weighted by Crippen LogP contribution is 2.33. The van der Waals surface area contributed by atoms with Crippen LogP contribution in [-0.4, -0.2) is 68.1 Å². The molecule has 188 valence electrons. The van der Waals surface area contributed by atoms with Crippen molar-refractivity contribution in [2.45, 2.75) is 45.2 Å². The number of carbonyl (C=O) groups is 2. The van der Waals surface area contributed by atoms with Crippen LogP contribution in [0.4, 0.5) is 0 Å². The van der Waals surface area contributed by atoms with Gasteiger partial charge in [0.15, 0.2) is 0 Å². The van der Waals surface area contributed by atoms with E-state index in [1.165, 1.54) is 18.4 Å². The summed E-state index contributed by atoms with van der Waals surface area (Å²) in [5.74, 6) is 1.39. The lowest BCUT2D eigenvalue weighted by molar-refractivity contribution is -0.129. The van der Waals surface area contributed by atoms with E-state index in [2.05, 4.69) is 29.3 Å². The minimum absolute atomic E-state index is 0.0970. The van der Waals surface area contributed by atoms with E-state index in [1.54, 1.807) is 26.4 Å². The number of carbonyl (C=O) groups excluding carboxylic acids is 2. The Balaban J connectivity index is 1.43. The van der Waals surface area contributed by atoms with Gasteiger partial charge in [0, 0.05) is 32.7 Å². The van der Waals surface area contributed by atoms with E-state index in [4.69, 9.17) is 9.47 Å². The van der Waals surface area contributed by atoms with Gasteiger partial charge < -0.3 is 19.7 Å². The van der Waals surface area contributed by atoms with E-state index in [-0.39, 0.29) is 17.9 Å². The number of ether oxygens (including phenoxy) is 2. The van der Waals surface area contributed by atoms with Crippen molar-refractivity contribution in [3.05, 3.63) is 59.2 Å². The van der Waals surface area contributed by atoms with Crippen LogP contribution in [0.1, 0.15) is 47.2 Å². The third kappa shape index (κ3) is 5.78. The van der Waals surface area contributed by atoms with E-state index in [0.29, 0.717) is 55.7 Å². The monoisotopic (exact) mass is 479 g/mol. The Morgan fingerprint density at radius 3 is 2.20 bits per heavy atom. The number of benzene rings is 2. The van der Waals surface area contributed by atoms with Gasteiger partial charge in [-0.2, -0.15) is 0 Å². The number of hydrogen-bond acceptors (Lipinski definition) is 5. The molecule has 7 heteroatoms. The van der Waals surface area contributed by atoms with Crippen molar-refractivity contribution in [3.63, 3.8) is 0 Å². The highest BCUT2D eigenvalue weighted by molar-refractivity contribution is 5.99. The summed E-state index contributed by atoms with van der Waals surface area (Å²) in [5.41, 5.74) is 2.76. The Morgan fingerprint density at radius 2 is 1.60 bits per heavy atom. The van der Waals surface area contributed by atoms with Crippen LogP contribution in [0.2, 0.25) is 0 Å². The maximum atomic E-state index is 13.4. The maximum absolute atomic E-state index is 13.4. The van der Waals surface area contributed by atoms with Gasteiger partial charge in [-0.1, -0.05) is 48.7 Å². The van der Waals surface area contributed by atoms with Crippen molar-refractivity contribution in [1.29, 1.82) is 0 Å². The van der Waals surface area contributed by atoms with E-state index in [9.17, 15) is 9.59 Å². The molecule has 1 aliphatic carbocycles. The lowest BCUT2D eigenvalue weighted by atomic mass is 9.94. The molecule has 1 heterocycles. The summed E-state index contributed by atoms with van der Waals surface area (Å²) in [6.07, 6.45) is 4.52. The second-order valence-corrected chi connectivity index (χ2v) is 9.56. The van der Waals surface area contributed by atoms with Gasteiger partial charge in [-0.25, -0.2) is 0 Å². The molecule has 2 aromatic carbocycles. The number of piperazine rings is 1. The molecule has 0 aromatic heterocycles. The zero-order chi connectivity index (χ0) is 24.8. The van der Waals surface area contributed by atoms with Crippen molar-refractivity contribution in [2.24, 2.45) is 5.92 Å². The third-order valence-electron chi connectivity index (χ3n) is 7.30. The van der Waals surface area contributed by atoms with Crippen LogP contribution in [0.5, 0.6) is 11.5 Å². The van der Waals surface area contributed by atoms with Gasteiger partial charge in [-0.05, 0) is 43.4 Å². The summed E-state index contributed by atoms with van der Waals surface area (Å²) >= 11 is 0. The fraction of sp³-hybridized carbons (Fsp3) is 0.500. The first-order valence-electron chi connectivity index (χ1n) is 12.6. The van der Waals surface area contributed by atoms with Gasteiger partial charge in [-0.3, -0.25) is 14.5 Å². The molecule has 35 heavy (non-hydrogen) atoms. The maximum Gasteiger partial charge on any atom is 0.261 e. The topological polar surface area (TPSA) is 71.1 Å². The van der Waals surface area contributed by atoms with Crippen molar-refractivity contribution < 1.29 is 19.1 Å². The molecule has 4 rings (SSSR count). The Kier molecular flexibility index (Phi) is 8.29. The fourth-order valence-electron chi connectivity index (χ4n) is 5.49. The second kappa shape index (κ2) is 11.6. The van der Waals surface area contributed by atoms with Gasteiger partial charge in [0.2, 0.25) is 5.91 Å². The Bertz CT molecular complexity index is 1000. The standard InChI is InChI=1S/C28H37N3O4/c1-20-8-6-9-21(18-20)19-29-27(32)26(22-10-4-5-11-22)30-14-16-31(17-15-30)28(33)25-23(34-2)12-7-13-24(25)35-3/h6-9,12-13,18,22,26H,4-5,10-11,14-17,19H2,1-3H3,(H,29,32). The van der Waals surface area contributed by atoms with Gasteiger partial charge in [0.25, 0.3) is 5.91 Å². The molecule has 2 fully saturated rings. The molecule has 7 nitrogen and oxygen atoms in total. The minimum atomic E-state index is -0.152. The predicted molar refractivity (Wildman–Crippen MR) is 136 cm³/mol. The van der Waals surface area contributed by atoms with E-state index >= 15 is 0 Å². The number of methoxy groups -OCH3 is 2. The Morgan fingerprint density at radius 1 is 0.971 bits per heavy atom. The van der Waals surface area contributed by atoms with Crippen LogP contribution >= 0.6 is 0 Å². The number of rotatable bonds is 8. The molecule has 0 spiro atoms. The first-order chi connectivity index (χ1) is 17.0. The first kappa shape index (κ1) is 25.0. The first-order valence-corrected chi connectivity index (χ1v) is 12.6. The predicted octanol–water partition coefficient (Wildman–Crippen LogP) is 3.65. The molecule has 1 saturated heterocycles. The molecule has 2 aromatic rings. The molecule has 1 N–H and O–H groups in total. The van der Waals surface area contributed by atoms with Crippen LogP contribution in [0.25, 0.3) is 0 Å². The molecule has 0 radical (unpaired) electrons. The summed E-state index contributed by atoms with van der Waals surface area (Å²) in [5, 5.41) is 3.20. The van der Waals surface area contributed by atoms with E-state index < -0.39 is 0 Å². The molecule has 1 saturated carbocycles. The average Bonchev–Trinajstić information content (AvgIpc) is 3.41. The van der Waals surface area contributed by atoms with Gasteiger partial charge in [-0.15, -0.1) is 0 Å². The molecular weight excluding hydrogens is 442 g/mol. The fourth-order valence-corrected chi connectivity index (χ4v) is 5.49. The number of amides is 2. The average molecular weight is 480 g/mol. The number of nitrogens with one attached hydrogen (secondary N) is 1. The molecule has 2 amide bonds. The highest BCUT2D eigenvalue weighted by atomic mass is 16.5. The summed E-state index contributed by atoms with van der Waals surface area (Å²) in [6, 6.07) is 13.5. The van der Waals surface area contributed by atoms with Crippen molar-refractivity contribution in [1.82, 2.24) is 15.1 Å². The molecule has 1 atom stereocenters. The summed E-state index contributed by atoms with van der Waals surface area (Å²) in [7, 11) is 3.12. The molecular formula is C28H37N3O4. The summed E-state index contributed by atoms with van der Waals surface area (Å²) < 4.78 is 10.9. The molecule has 2 aliphatic rings. The minimum Gasteiger partial charge on any atom is -0.496 e. The van der Waals surface area contributed by atoms with Crippen LogP contribution < -0.4 is 14.8 Å². The zero-order valence-electron chi connectivity index (χ0n) is 21.1. The van der Waals surface area contributed by atoms with Crippen LogP contribution in [0.15, 0.2) is 42.5 Å². The second-order valence-electron chi connectivity index (χ2n) is 9.56. The SMILES string of the molecule is COc1cccc(OC)c1C(=O)N1CCN(C(C(=O)NCc2cccc(C)c2)C2CCCC2)CC1. The van der Waals surface area contributed by atoms with Crippen molar-refractivity contribution in [3.8, 4) is 11.5 Å². The van der Waals surface area contributed by atoms with Gasteiger partial charge in [0.05, 0.1) is 20.3 Å². The van der Waals surface area contributed by atoms with Crippen LogP contribution in [0.3, 0.4) is 0 Å². The number of nitrogens with zero attached hydrogens (tertiary/aromatic N) is 2. The lowest BCUT2D eigenvalue weighted by Crippen LogP contribution is -2.57. The summed E-state index contributed by atoms with van der Waals surface area (Å²) in [4.78, 5) is 30.9. The van der Waals surface area contributed by atoms with Crippen molar-refractivity contribution >= 4 is 11.8 Å². The quantitative estimate of drug-likeness (QED) is 0.626. The Hall–Kier alpha value is -3.06.